The van der Waals surface area contributed by atoms with Gasteiger partial charge in [-0.2, -0.15) is 5.10 Å². The zero-order chi connectivity index (χ0) is 14.1. The van der Waals surface area contributed by atoms with Crippen LogP contribution in [0.4, 0.5) is 0 Å². The van der Waals surface area contributed by atoms with E-state index in [1.807, 2.05) is 11.6 Å². The van der Waals surface area contributed by atoms with Crippen LogP contribution in [0.2, 0.25) is 0 Å². The molecule has 0 aliphatic heterocycles. The average Bonchev–Trinajstić information content (AvgIpc) is 3.06. The lowest BCUT2D eigenvalue weighted by molar-refractivity contribution is 0.544. The first-order valence-electron chi connectivity index (χ1n) is 6.71. The summed E-state index contributed by atoms with van der Waals surface area (Å²) in [5, 5.41) is 7.89. The van der Waals surface area contributed by atoms with Gasteiger partial charge in [0, 0.05) is 11.2 Å². The number of aryl methyl sites for hydroxylation is 2. The van der Waals surface area contributed by atoms with Crippen LogP contribution in [0.3, 0.4) is 0 Å². The van der Waals surface area contributed by atoms with Crippen LogP contribution >= 0.6 is 11.3 Å². The highest BCUT2D eigenvalue weighted by Gasteiger charge is 2.20. The van der Waals surface area contributed by atoms with E-state index in [1.165, 1.54) is 15.6 Å². The molecular formula is C15H18N4S. The summed E-state index contributed by atoms with van der Waals surface area (Å²) in [7, 11) is 0. The van der Waals surface area contributed by atoms with E-state index < -0.39 is 0 Å². The van der Waals surface area contributed by atoms with Crippen LogP contribution in [0.5, 0.6) is 0 Å². The summed E-state index contributed by atoms with van der Waals surface area (Å²) in [6, 6.07) is 10.5. The van der Waals surface area contributed by atoms with E-state index in [0.29, 0.717) is 0 Å². The predicted octanol–water partition coefficient (Wildman–Crippen LogP) is 2.98. The van der Waals surface area contributed by atoms with Gasteiger partial charge in [0.25, 0.3) is 0 Å². The molecule has 0 bridgehead atoms. The Kier molecular flexibility index (Phi) is 3.56. The maximum absolute atomic E-state index is 5.84. The molecule has 0 saturated heterocycles. The van der Waals surface area contributed by atoms with Gasteiger partial charge in [0.1, 0.15) is 0 Å². The quantitative estimate of drug-likeness (QED) is 0.572. The van der Waals surface area contributed by atoms with E-state index in [9.17, 15) is 0 Å². The molecular weight excluding hydrogens is 268 g/mol. The van der Waals surface area contributed by atoms with Crippen molar-refractivity contribution in [1.82, 2.24) is 15.2 Å². The molecule has 4 nitrogen and oxygen atoms in total. The van der Waals surface area contributed by atoms with Gasteiger partial charge in [0.15, 0.2) is 0 Å². The molecule has 1 aromatic carbocycles. The number of benzene rings is 1. The second-order valence-electron chi connectivity index (χ2n) is 4.81. The van der Waals surface area contributed by atoms with E-state index in [4.69, 9.17) is 5.84 Å². The van der Waals surface area contributed by atoms with Crippen molar-refractivity contribution in [3.63, 3.8) is 0 Å². The molecule has 2 aromatic heterocycles. The first-order valence-corrected chi connectivity index (χ1v) is 7.59. The van der Waals surface area contributed by atoms with Gasteiger partial charge in [-0.15, -0.1) is 11.3 Å². The summed E-state index contributed by atoms with van der Waals surface area (Å²) in [5.74, 6) is 5.84. The van der Waals surface area contributed by atoms with Crippen molar-refractivity contribution in [3.8, 4) is 0 Å². The average molecular weight is 286 g/mol. The Hall–Kier alpha value is -1.69. The second-order valence-corrected chi connectivity index (χ2v) is 5.73. The van der Waals surface area contributed by atoms with Crippen LogP contribution in [0, 0.1) is 6.92 Å². The number of nitrogens with one attached hydrogen (secondary N) is 1. The molecule has 0 amide bonds. The van der Waals surface area contributed by atoms with Gasteiger partial charge in [0.2, 0.25) is 0 Å². The number of hydrazine groups is 1. The Morgan fingerprint density at radius 2 is 2.25 bits per heavy atom. The smallest absolute Gasteiger partial charge is 0.0892 e. The number of hydrogen-bond donors (Lipinski definition) is 2. The minimum absolute atomic E-state index is 0.0431. The Labute approximate surface area is 122 Å². The van der Waals surface area contributed by atoms with Crippen molar-refractivity contribution in [3.05, 3.63) is 52.7 Å². The van der Waals surface area contributed by atoms with Gasteiger partial charge < -0.3 is 0 Å². The molecule has 1 unspecified atom stereocenters. The third-order valence-electron chi connectivity index (χ3n) is 3.52. The Balaban J connectivity index is 2.16. The molecule has 104 valence electrons. The number of aromatic nitrogens is 2. The molecule has 3 aromatic rings. The Morgan fingerprint density at radius 1 is 1.40 bits per heavy atom. The van der Waals surface area contributed by atoms with Crippen LogP contribution in [0.25, 0.3) is 10.1 Å². The number of nitrogens with two attached hydrogens (primary N) is 1. The molecule has 1 atom stereocenters. The van der Waals surface area contributed by atoms with Crippen LogP contribution in [-0.4, -0.2) is 9.78 Å². The zero-order valence-electron chi connectivity index (χ0n) is 11.6. The lowest BCUT2D eigenvalue weighted by atomic mass is 10.0. The molecule has 2 heterocycles. The maximum atomic E-state index is 5.84. The standard InChI is InChI=1S/C15H18N4S/c1-3-19-13(9-10(2)18-19)14(17-16)12-6-4-5-11-7-8-20-15(11)12/h4-9,14,17H,3,16H2,1-2H3. The zero-order valence-corrected chi connectivity index (χ0v) is 12.4. The monoisotopic (exact) mass is 286 g/mol. The summed E-state index contributed by atoms with van der Waals surface area (Å²) in [6.07, 6.45) is 0. The number of thiophene rings is 1. The first-order chi connectivity index (χ1) is 9.74. The summed E-state index contributed by atoms with van der Waals surface area (Å²) in [4.78, 5) is 0. The highest BCUT2D eigenvalue weighted by molar-refractivity contribution is 7.17. The van der Waals surface area contributed by atoms with Crippen LogP contribution in [-0.2, 0) is 6.54 Å². The Bertz CT molecular complexity index is 728. The van der Waals surface area contributed by atoms with Crippen molar-refractivity contribution < 1.29 is 0 Å². The van der Waals surface area contributed by atoms with E-state index in [-0.39, 0.29) is 6.04 Å². The highest BCUT2D eigenvalue weighted by atomic mass is 32.1. The van der Waals surface area contributed by atoms with Crippen LogP contribution < -0.4 is 11.3 Å². The van der Waals surface area contributed by atoms with E-state index in [2.05, 4.69) is 53.2 Å². The molecule has 0 aliphatic rings. The van der Waals surface area contributed by atoms with Gasteiger partial charge in [-0.3, -0.25) is 10.5 Å². The van der Waals surface area contributed by atoms with E-state index in [0.717, 1.165) is 17.9 Å². The minimum atomic E-state index is -0.0431. The molecule has 3 N–H and O–H groups in total. The molecule has 0 radical (unpaired) electrons. The summed E-state index contributed by atoms with van der Waals surface area (Å²) < 4.78 is 3.28. The third kappa shape index (κ3) is 2.14. The molecule has 3 rings (SSSR count). The summed E-state index contributed by atoms with van der Waals surface area (Å²) >= 11 is 1.75. The van der Waals surface area contributed by atoms with Gasteiger partial charge in [-0.25, -0.2) is 5.43 Å². The highest BCUT2D eigenvalue weighted by Crippen LogP contribution is 2.32. The third-order valence-corrected chi connectivity index (χ3v) is 4.49. The number of hydrogen-bond acceptors (Lipinski definition) is 4. The van der Waals surface area contributed by atoms with Gasteiger partial charge in [0.05, 0.1) is 17.4 Å². The van der Waals surface area contributed by atoms with Crippen molar-refractivity contribution in [2.24, 2.45) is 5.84 Å². The van der Waals surface area contributed by atoms with E-state index >= 15 is 0 Å². The SMILES string of the molecule is CCn1nc(C)cc1C(NN)c1cccc2ccsc12. The first kappa shape index (κ1) is 13.3. The van der Waals surface area contributed by atoms with E-state index in [1.54, 1.807) is 11.3 Å². The predicted molar refractivity (Wildman–Crippen MR) is 83.6 cm³/mol. The van der Waals surface area contributed by atoms with Crippen LogP contribution in [0.15, 0.2) is 35.7 Å². The molecule has 0 saturated carbocycles. The Morgan fingerprint density at radius 3 is 3.00 bits per heavy atom. The summed E-state index contributed by atoms with van der Waals surface area (Å²) in [6.45, 7) is 4.94. The van der Waals surface area contributed by atoms with Crippen molar-refractivity contribution >= 4 is 21.4 Å². The maximum Gasteiger partial charge on any atom is 0.0892 e. The normalized spacial score (nSPS) is 12.9. The number of rotatable bonds is 4. The van der Waals surface area contributed by atoms with Gasteiger partial charge in [-0.05, 0) is 42.3 Å². The molecule has 5 heteroatoms. The molecule has 20 heavy (non-hydrogen) atoms. The molecule has 0 fully saturated rings. The minimum Gasteiger partial charge on any atom is -0.271 e. The largest absolute Gasteiger partial charge is 0.271 e. The number of nitrogens with zero attached hydrogens (tertiary/aromatic N) is 2. The molecule has 0 spiro atoms. The summed E-state index contributed by atoms with van der Waals surface area (Å²) in [5.41, 5.74) is 6.27. The topological polar surface area (TPSA) is 55.9 Å². The van der Waals surface area contributed by atoms with Crippen molar-refractivity contribution in [2.75, 3.05) is 0 Å². The van der Waals surface area contributed by atoms with Crippen LogP contribution in [0.1, 0.15) is 29.9 Å². The number of fused-ring (bicyclic) bond motifs is 1. The fraction of sp³-hybridized carbons (Fsp3) is 0.267. The fourth-order valence-corrected chi connectivity index (χ4v) is 3.57. The second kappa shape index (κ2) is 5.36. The van der Waals surface area contributed by atoms with Gasteiger partial charge >= 0.3 is 0 Å². The fourth-order valence-electron chi connectivity index (χ4n) is 2.63. The lowest BCUT2D eigenvalue weighted by Crippen LogP contribution is -2.30. The van der Waals surface area contributed by atoms with Gasteiger partial charge in [-0.1, -0.05) is 18.2 Å². The lowest BCUT2D eigenvalue weighted by Gasteiger charge is -2.18. The van der Waals surface area contributed by atoms with Crippen molar-refractivity contribution in [2.45, 2.75) is 26.4 Å². The van der Waals surface area contributed by atoms with Crippen molar-refractivity contribution in [1.29, 1.82) is 0 Å². The molecule has 0 aliphatic carbocycles.